The molecule has 33 heavy (non-hydrogen) atoms. The van der Waals surface area contributed by atoms with Crippen LogP contribution in [0, 0.1) is 19.8 Å². The first kappa shape index (κ1) is 23.2. The molecule has 0 spiro atoms. The van der Waals surface area contributed by atoms with Gasteiger partial charge in [0.05, 0.1) is 17.0 Å². The summed E-state index contributed by atoms with van der Waals surface area (Å²) in [7, 11) is 0. The predicted octanol–water partition coefficient (Wildman–Crippen LogP) is 4.78. The minimum atomic E-state index is -0.223. The van der Waals surface area contributed by atoms with Crippen LogP contribution in [0.5, 0.6) is 0 Å². The van der Waals surface area contributed by atoms with Gasteiger partial charge in [0.2, 0.25) is 0 Å². The molecule has 170 valence electrons. The molecule has 0 saturated carbocycles. The molecular formula is C25H26N4O2S2. The van der Waals surface area contributed by atoms with E-state index in [1.807, 2.05) is 50.2 Å². The van der Waals surface area contributed by atoms with Crippen molar-refractivity contribution in [3.8, 4) is 0 Å². The Hall–Kier alpha value is -2.97. The van der Waals surface area contributed by atoms with Gasteiger partial charge in [0.1, 0.15) is 15.8 Å². The Balaban J connectivity index is 1.73. The van der Waals surface area contributed by atoms with Gasteiger partial charge in [-0.15, -0.1) is 0 Å². The fourth-order valence-corrected chi connectivity index (χ4v) is 4.70. The van der Waals surface area contributed by atoms with E-state index in [-0.39, 0.29) is 11.5 Å². The zero-order valence-electron chi connectivity index (χ0n) is 19.1. The molecule has 2 aromatic heterocycles. The van der Waals surface area contributed by atoms with Crippen molar-refractivity contribution in [2.75, 3.05) is 11.9 Å². The molecule has 3 aromatic rings. The van der Waals surface area contributed by atoms with Gasteiger partial charge in [0.15, 0.2) is 0 Å². The van der Waals surface area contributed by atoms with Crippen molar-refractivity contribution in [1.82, 2.24) is 14.3 Å². The molecule has 1 amide bonds. The quantitative estimate of drug-likeness (QED) is 0.406. The van der Waals surface area contributed by atoms with Crippen LogP contribution in [0.2, 0.25) is 0 Å². The number of hydrogen-bond donors (Lipinski definition) is 1. The topological polar surface area (TPSA) is 66.7 Å². The monoisotopic (exact) mass is 478 g/mol. The van der Waals surface area contributed by atoms with Gasteiger partial charge in [-0.3, -0.25) is 18.9 Å². The highest BCUT2D eigenvalue weighted by atomic mass is 32.2. The summed E-state index contributed by atoms with van der Waals surface area (Å²) in [5.74, 6) is 0.638. The van der Waals surface area contributed by atoms with Gasteiger partial charge in [-0.2, -0.15) is 0 Å². The third-order valence-corrected chi connectivity index (χ3v) is 6.67. The maximum absolute atomic E-state index is 13.4. The number of pyridine rings is 1. The Morgan fingerprint density at radius 1 is 1.09 bits per heavy atom. The van der Waals surface area contributed by atoms with Gasteiger partial charge < -0.3 is 5.32 Å². The van der Waals surface area contributed by atoms with E-state index >= 15 is 0 Å². The molecule has 6 nitrogen and oxygen atoms in total. The number of benzene rings is 1. The number of rotatable bonds is 6. The molecule has 1 aromatic carbocycles. The summed E-state index contributed by atoms with van der Waals surface area (Å²) >= 11 is 6.71. The average Bonchev–Trinajstić information content (AvgIpc) is 3.03. The second kappa shape index (κ2) is 9.49. The number of nitrogens with zero attached hydrogens (tertiary/aromatic N) is 3. The van der Waals surface area contributed by atoms with E-state index in [9.17, 15) is 9.59 Å². The van der Waals surface area contributed by atoms with Gasteiger partial charge in [0.25, 0.3) is 11.5 Å². The summed E-state index contributed by atoms with van der Waals surface area (Å²) in [5, 5.41) is 3.28. The number of anilines is 1. The van der Waals surface area contributed by atoms with Crippen molar-refractivity contribution < 1.29 is 4.79 Å². The molecule has 4 rings (SSSR count). The SMILES string of the molecule is Cc1ccc(CN2C(=O)C(=Cc3c(NCC(C)C)nc4ccc(C)cn4c3=O)SC2=S)cc1. The number of carbonyl (C=O) groups excluding carboxylic acids is 1. The van der Waals surface area contributed by atoms with Crippen molar-refractivity contribution >= 4 is 51.7 Å². The molecule has 0 bridgehead atoms. The fourth-order valence-electron chi connectivity index (χ4n) is 3.47. The molecule has 3 heterocycles. The average molecular weight is 479 g/mol. The van der Waals surface area contributed by atoms with Crippen LogP contribution < -0.4 is 10.9 Å². The number of aryl methyl sites for hydroxylation is 2. The Bertz CT molecular complexity index is 1330. The normalized spacial score (nSPS) is 15.3. The third-order valence-electron chi connectivity index (χ3n) is 5.29. The number of amides is 1. The van der Waals surface area contributed by atoms with E-state index < -0.39 is 0 Å². The smallest absolute Gasteiger partial charge is 0.267 e. The van der Waals surface area contributed by atoms with E-state index in [0.717, 1.165) is 16.7 Å². The van der Waals surface area contributed by atoms with Gasteiger partial charge in [-0.05, 0) is 43.0 Å². The van der Waals surface area contributed by atoms with Gasteiger partial charge in [-0.25, -0.2) is 4.98 Å². The van der Waals surface area contributed by atoms with Crippen molar-refractivity contribution in [2.45, 2.75) is 34.2 Å². The van der Waals surface area contributed by atoms with Crippen LogP contribution in [-0.2, 0) is 11.3 Å². The lowest BCUT2D eigenvalue weighted by atomic mass is 10.1. The third kappa shape index (κ3) is 5.02. The first-order valence-electron chi connectivity index (χ1n) is 10.8. The molecule has 1 aliphatic rings. The van der Waals surface area contributed by atoms with E-state index in [1.165, 1.54) is 16.2 Å². The Labute approximate surface area is 202 Å². The predicted molar refractivity (Wildman–Crippen MR) is 139 cm³/mol. The summed E-state index contributed by atoms with van der Waals surface area (Å²) in [4.78, 5) is 33.3. The van der Waals surface area contributed by atoms with Crippen LogP contribution in [0.1, 0.15) is 36.1 Å². The van der Waals surface area contributed by atoms with Crippen LogP contribution in [0.4, 0.5) is 5.82 Å². The lowest BCUT2D eigenvalue weighted by Crippen LogP contribution is -2.27. The molecule has 0 unspecified atom stereocenters. The number of carbonyl (C=O) groups is 1. The molecule has 1 N–H and O–H groups in total. The Morgan fingerprint density at radius 2 is 1.79 bits per heavy atom. The lowest BCUT2D eigenvalue weighted by Gasteiger charge is -2.15. The minimum absolute atomic E-state index is 0.200. The number of thioether (sulfide) groups is 1. The highest BCUT2D eigenvalue weighted by Crippen LogP contribution is 2.34. The lowest BCUT2D eigenvalue weighted by molar-refractivity contribution is -0.122. The van der Waals surface area contributed by atoms with Gasteiger partial charge in [0, 0.05) is 12.7 Å². The summed E-state index contributed by atoms with van der Waals surface area (Å²) in [6, 6.07) is 11.8. The maximum atomic E-state index is 13.4. The number of aromatic nitrogens is 2. The molecule has 1 aliphatic heterocycles. The van der Waals surface area contributed by atoms with Crippen molar-refractivity contribution in [3.05, 3.63) is 80.1 Å². The van der Waals surface area contributed by atoms with E-state index in [2.05, 4.69) is 24.1 Å². The van der Waals surface area contributed by atoms with E-state index in [4.69, 9.17) is 12.2 Å². The first-order valence-corrected chi connectivity index (χ1v) is 12.0. The molecule has 8 heteroatoms. The van der Waals surface area contributed by atoms with Crippen LogP contribution >= 0.6 is 24.0 Å². The summed E-state index contributed by atoms with van der Waals surface area (Å²) in [6.07, 6.45) is 3.39. The van der Waals surface area contributed by atoms with Crippen molar-refractivity contribution in [1.29, 1.82) is 0 Å². The first-order chi connectivity index (χ1) is 15.7. The summed E-state index contributed by atoms with van der Waals surface area (Å²) in [5.41, 5.74) is 3.80. The molecule has 0 atom stereocenters. The summed E-state index contributed by atoms with van der Waals surface area (Å²) in [6.45, 7) is 9.17. The van der Waals surface area contributed by atoms with E-state index in [1.54, 1.807) is 17.2 Å². The van der Waals surface area contributed by atoms with Crippen molar-refractivity contribution in [2.24, 2.45) is 5.92 Å². The highest BCUT2D eigenvalue weighted by molar-refractivity contribution is 8.26. The standard InChI is InChI=1S/C25H26N4O2S2/c1-15(2)12-26-22-19(23(30)28-13-17(4)7-10-21(28)27-22)11-20-24(31)29(25(32)33-20)14-18-8-5-16(3)6-9-18/h5-11,13,15,26H,12,14H2,1-4H3. The van der Waals surface area contributed by atoms with Crippen LogP contribution in [0.25, 0.3) is 11.7 Å². The van der Waals surface area contributed by atoms with Crippen LogP contribution in [0.3, 0.4) is 0 Å². The Morgan fingerprint density at radius 3 is 2.48 bits per heavy atom. The highest BCUT2D eigenvalue weighted by Gasteiger charge is 2.32. The van der Waals surface area contributed by atoms with Crippen LogP contribution in [-0.4, -0.2) is 31.1 Å². The maximum Gasteiger partial charge on any atom is 0.267 e. The number of thiocarbonyl (C=S) groups is 1. The molecule has 0 radical (unpaired) electrons. The number of hydrogen-bond acceptors (Lipinski definition) is 6. The largest absolute Gasteiger partial charge is 0.369 e. The minimum Gasteiger partial charge on any atom is -0.369 e. The van der Waals surface area contributed by atoms with Gasteiger partial charge >= 0.3 is 0 Å². The fraction of sp³-hybridized carbons (Fsp3) is 0.280. The molecule has 0 aliphatic carbocycles. The number of nitrogens with one attached hydrogen (secondary N) is 1. The van der Waals surface area contributed by atoms with Crippen molar-refractivity contribution in [3.63, 3.8) is 0 Å². The molecular weight excluding hydrogens is 452 g/mol. The van der Waals surface area contributed by atoms with E-state index in [0.29, 0.717) is 45.3 Å². The molecule has 1 fully saturated rings. The van der Waals surface area contributed by atoms with Gasteiger partial charge in [-0.1, -0.05) is 73.7 Å². The summed E-state index contributed by atoms with van der Waals surface area (Å²) < 4.78 is 2.00. The second-order valence-electron chi connectivity index (χ2n) is 8.64. The zero-order chi connectivity index (χ0) is 23.7. The van der Waals surface area contributed by atoms with Crippen LogP contribution in [0.15, 0.2) is 52.3 Å². The Kier molecular flexibility index (Phi) is 6.67. The molecule has 1 saturated heterocycles. The second-order valence-corrected chi connectivity index (χ2v) is 10.3. The zero-order valence-corrected chi connectivity index (χ0v) is 20.7. The number of fused-ring (bicyclic) bond motifs is 1.